The molecule has 0 saturated carbocycles. The smallest absolute Gasteiger partial charge is 0.329 e. The lowest BCUT2D eigenvalue weighted by Gasteiger charge is -2.13. The van der Waals surface area contributed by atoms with E-state index in [1.807, 2.05) is 0 Å². The Bertz CT molecular complexity index is 759. The predicted octanol–water partition coefficient (Wildman–Crippen LogP) is 1.06. The van der Waals surface area contributed by atoms with Gasteiger partial charge in [0.1, 0.15) is 43.1 Å². The number of allylic oxidation sites excluding steroid dienone is 4. The largest absolute Gasteiger partial charge is 0.491 e. The molecule has 156 valence electrons. The minimum Gasteiger partial charge on any atom is -0.491 e. The Hall–Kier alpha value is -2.96. The first-order valence-electron chi connectivity index (χ1n) is 8.61. The molecule has 0 amide bonds. The summed E-state index contributed by atoms with van der Waals surface area (Å²) in [5.74, 6) is 4.26. The highest BCUT2D eigenvalue weighted by atomic mass is 19.1. The minimum absolute atomic E-state index is 0.00121. The molecule has 1 unspecified atom stereocenters. The Morgan fingerprint density at radius 3 is 2.41 bits per heavy atom. The summed E-state index contributed by atoms with van der Waals surface area (Å²) in [6, 6.07) is 5.44. The van der Waals surface area contributed by atoms with Gasteiger partial charge in [-0.1, -0.05) is 30.1 Å². The van der Waals surface area contributed by atoms with Crippen molar-refractivity contribution in [1.29, 1.82) is 0 Å². The van der Waals surface area contributed by atoms with E-state index in [9.17, 15) is 24.5 Å². The van der Waals surface area contributed by atoms with Gasteiger partial charge in [-0.2, -0.15) is 0 Å². The third kappa shape index (κ3) is 12.2. The molecule has 0 aliphatic heterocycles. The predicted molar refractivity (Wildman–Crippen MR) is 104 cm³/mol. The number of halogens is 1. The van der Waals surface area contributed by atoms with Crippen LogP contribution < -0.4 is 4.74 Å². The number of aliphatic hydroxyl groups excluding tert-OH is 3. The molecule has 0 radical (unpaired) electrons. The first kappa shape index (κ1) is 24.1. The maximum atomic E-state index is 12.8. The van der Waals surface area contributed by atoms with Crippen molar-refractivity contribution in [3.63, 3.8) is 0 Å². The number of rotatable bonds is 11. The second-order valence-corrected chi connectivity index (χ2v) is 5.69. The molecule has 0 saturated heterocycles. The number of carboxylic acids is 1. The number of hydrogen-bond acceptors (Lipinski definition) is 6. The molecule has 1 aromatic carbocycles. The van der Waals surface area contributed by atoms with Crippen LogP contribution in [0.25, 0.3) is 0 Å². The van der Waals surface area contributed by atoms with Crippen molar-refractivity contribution in [2.45, 2.75) is 18.3 Å². The van der Waals surface area contributed by atoms with Crippen molar-refractivity contribution in [2.24, 2.45) is 0 Å². The number of ether oxygens (including phenoxy) is 2. The van der Waals surface area contributed by atoms with E-state index in [0.29, 0.717) is 5.75 Å². The number of carboxylic acid groups (broad SMARTS) is 1. The maximum Gasteiger partial charge on any atom is 0.329 e. The summed E-state index contributed by atoms with van der Waals surface area (Å²) in [5, 5.41) is 37.3. The van der Waals surface area contributed by atoms with Crippen molar-refractivity contribution in [1.82, 2.24) is 0 Å². The fourth-order valence-corrected chi connectivity index (χ4v) is 1.80. The topological polar surface area (TPSA) is 116 Å². The number of aliphatic hydroxyl groups is 3. The highest BCUT2D eigenvalue weighted by Gasteiger charge is 2.13. The average molecular weight is 406 g/mol. The van der Waals surface area contributed by atoms with E-state index in [0.717, 1.165) is 0 Å². The van der Waals surface area contributed by atoms with Gasteiger partial charge in [0.15, 0.2) is 0 Å². The standard InChI is InChI=1S/C21H23FO7/c22-16-9-11-18(12-10-16)29-13-17(23)7-5-3-1-2-4-6-8-19(24)20(25)14-28-15-21(26)27/h2,4-12,17,19-20,23-25H,13-15H2,(H,26,27)/t17?,19-,20+/m1/s1. The Balaban J connectivity index is 2.27. The third-order valence-electron chi connectivity index (χ3n) is 3.23. The molecule has 0 heterocycles. The molecular formula is C21H23FO7. The van der Waals surface area contributed by atoms with Crippen molar-refractivity contribution >= 4 is 5.97 Å². The molecule has 3 atom stereocenters. The van der Waals surface area contributed by atoms with Crippen LogP contribution in [0.4, 0.5) is 4.39 Å². The van der Waals surface area contributed by atoms with Gasteiger partial charge in [-0.15, -0.1) is 0 Å². The van der Waals surface area contributed by atoms with Gasteiger partial charge in [0, 0.05) is 0 Å². The summed E-state index contributed by atoms with van der Waals surface area (Å²) in [4.78, 5) is 10.3. The first-order chi connectivity index (χ1) is 13.9. The Morgan fingerprint density at radius 1 is 1.03 bits per heavy atom. The summed E-state index contributed by atoms with van der Waals surface area (Å²) in [6.45, 7) is -0.859. The van der Waals surface area contributed by atoms with Gasteiger partial charge in [-0.3, -0.25) is 0 Å². The van der Waals surface area contributed by atoms with Gasteiger partial charge in [0.05, 0.1) is 6.61 Å². The molecule has 0 bridgehead atoms. The van der Waals surface area contributed by atoms with Crippen LogP contribution in [0.1, 0.15) is 0 Å². The molecule has 0 aromatic heterocycles. The van der Waals surface area contributed by atoms with E-state index >= 15 is 0 Å². The van der Waals surface area contributed by atoms with Crippen molar-refractivity contribution < 1.29 is 39.1 Å². The Kier molecular flexibility index (Phi) is 11.7. The van der Waals surface area contributed by atoms with Crippen LogP contribution in [0, 0.1) is 17.7 Å². The van der Waals surface area contributed by atoms with Crippen LogP contribution in [0.3, 0.4) is 0 Å². The van der Waals surface area contributed by atoms with Gasteiger partial charge < -0.3 is 29.9 Å². The molecule has 4 N–H and O–H groups in total. The summed E-state index contributed by atoms with van der Waals surface area (Å²) in [7, 11) is 0. The lowest BCUT2D eigenvalue weighted by atomic mass is 10.2. The van der Waals surface area contributed by atoms with Gasteiger partial charge in [0.2, 0.25) is 0 Å². The van der Waals surface area contributed by atoms with Crippen LogP contribution in [-0.2, 0) is 9.53 Å². The van der Waals surface area contributed by atoms with E-state index in [1.165, 1.54) is 60.7 Å². The molecule has 1 rings (SSSR count). The second-order valence-electron chi connectivity index (χ2n) is 5.69. The van der Waals surface area contributed by atoms with Crippen LogP contribution in [0.2, 0.25) is 0 Å². The lowest BCUT2D eigenvalue weighted by Crippen LogP contribution is -2.29. The summed E-state index contributed by atoms with van der Waals surface area (Å²) in [6.07, 6.45) is 5.35. The fraction of sp³-hybridized carbons (Fsp3) is 0.286. The highest BCUT2D eigenvalue weighted by molar-refractivity contribution is 5.67. The molecule has 0 aliphatic carbocycles. The second kappa shape index (κ2) is 14.1. The summed E-state index contributed by atoms with van der Waals surface area (Å²) < 4.78 is 22.7. The zero-order valence-corrected chi connectivity index (χ0v) is 15.5. The van der Waals surface area contributed by atoms with Crippen LogP contribution in [-0.4, -0.2) is 64.5 Å². The van der Waals surface area contributed by atoms with Gasteiger partial charge in [-0.25, -0.2) is 9.18 Å². The highest BCUT2D eigenvalue weighted by Crippen LogP contribution is 2.11. The first-order valence-corrected chi connectivity index (χ1v) is 8.61. The van der Waals surface area contributed by atoms with Crippen LogP contribution in [0.5, 0.6) is 5.75 Å². The molecule has 0 aliphatic rings. The Labute approximate surface area is 168 Å². The molecule has 0 fully saturated rings. The number of carbonyl (C=O) groups is 1. The number of benzene rings is 1. The van der Waals surface area contributed by atoms with Crippen molar-refractivity contribution in [2.75, 3.05) is 19.8 Å². The SMILES string of the molecule is O=C(O)COC[C@H](O)[C@H](O)C=CC=CC#CC=CC(O)COc1ccc(F)cc1. The molecule has 1 aromatic rings. The molecule has 0 spiro atoms. The quantitative estimate of drug-likeness (QED) is 0.321. The molecule has 29 heavy (non-hydrogen) atoms. The van der Waals surface area contributed by atoms with E-state index in [1.54, 1.807) is 0 Å². The third-order valence-corrected chi connectivity index (χ3v) is 3.23. The minimum atomic E-state index is -1.24. The Morgan fingerprint density at radius 2 is 1.72 bits per heavy atom. The zero-order valence-electron chi connectivity index (χ0n) is 15.5. The van der Waals surface area contributed by atoms with E-state index in [4.69, 9.17) is 9.84 Å². The maximum absolute atomic E-state index is 12.8. The van der Waals surface area contributed by atoms with Crippen LogP contribution >= 0.6 is 0 Å². The molecular weight excluding hydrogens is 383 g/mol. The molecule has 8 heteroatoms. The lowest BCUT2D eigenvalue weighted by molar-refractivity contribution is -0.143. The monoisotopic (exact) mass is 406 g/mol. The number of hydrogen-bond donors (Lipinski definition) is 4. The average Bonchev–Trinajstić information content (AvgIpc) is 2.69. The van der Waals surface area contributed by atoms with Crippen molar-refractivity contribution in [3.8, 4) is 17.6 Å². The number of aliphatic carboxylic acids is 1. The van der Waals surface area contributed by atoms with E-state index in [2.05, 4.69) is 16.6 Å². The van der Waals surface area contributed by atoms with E-state index in [-0.39, 0.29) is 19.0 Å². The fourth-order valence-electron chi connectivity index (χ4n) is 1.80. The zero-order chi connectivity index (χ0) is 21.5. The van der Waals surface area contributed by atoms with E-state index < -0.39 is 30.9 Å². The van der Waals surface area contributed by atoms with Gasteiger partial charge in [0.25, 0.3) is 0 Å². The normalized spacial score (nSPS) is 14.6. The van der Waals surface area contributed by atoms with Crippen molar-refractivity contribution in [3.05, 3.63) is 66.5 Å². The summed E-state index contributed by atoms with van der Waals surface area (Å²) >= 11 is 0. The van der Waals surface area contributed by atoms with Gasteiger partial charge in [-0.05, 0) is 42.5 Å². The van der Waals surface area contributed by atoms with Gasteiger partial charge >= 0.3 is 5.97 Å². The summed E-state index contributed by atoms with van der Waals surface area (Å²) in [5.41, 5.74) is 0. The molecule has 7 nitrogen and oxygen atoms in total. The van der Waals surface area contributed by atoms with Crippen LogP contribution in [0.15, 0.2) is 60.7 Å².